The van der Waals surface area contributed by atoms with Crippen LogP contribution in [0.5, 0.6) is 5.88 Å². The van der Waals surface area contributed by atoms with E-state index in [0.717, 1.165) is 74.9 Å². The molecular weight excluding hydrogens is 462 g/mol. The van der Waals surface area contributed by atoms with Gasteiger partial charge in [0.15, 0.2) is 0 Å². The van der Waals surface area contributed by atoms with Crippen molar-refractivity contribution in [3.05, 3.63) is 16.8 Å². The highest BCUT2D eigenvalue weighted by atomic mass is 32.1. The lowest BCUT2D eigenvalue weighted by Crippen LogP contribution is -2.53. The zero-order valence-corrected chi connectivity index (χ0v) is 21.8. The largest absolute Gasteiger partial charge is 0.474 e. The molecule has 0 aromatic carbocycles. The lowest BCUT2D eigenvalue weighted by Gasteiger charge is -2.42. The van der Waals surface area contributed by atoms with Crippen molar-refractivity contribution < 1.29 is 14.3 Å². The number of aromatic nitrogens is 2. The molecule has 9 heteroatoms. The van der Waals surface area contributed by atoms with E-state index in [-0.39, 0.29) is 18.1 Å². The molecule has 188 valence electrons. The fourth-order valence-corrected chi connectivity index (χ4v) is 6.96. The Bertz CT molecular complexity index is 1100. The average molecular weight is 498 g/mol. The molecule has 0 bridgehead atoms. The van der Waals surface area contributed by atoms with E-state index in [1.807, 2.05) is 25.7 Å². The van der Waals surface area contributed by atoms with Gasteiger partial charge in [-0.2, -0.15) is 5.26 Å². The van der Waals surface area contributed by atoms with Crippen LogP contribution in [0.2, 0.25) is 0 Å². The summed E-state index contributed by atoms with van der Waals surface area (Å²) in [5.74, 6) is 0.971. The first-order valence-electron chi connectivity index (χ1n) is 12.8. The molecule has 5 rings (SSSR count). The first-order valence-corrected chi connectivity index (χ1v) is 13.7. The SMILES string of the molecule is CC(C)(C)OC(=O)N1CCN(C2CCC(Oc3ncnc4sc5c(c34)[C@@H](CC#N)CC5)CC2)CC1. The van der Waals surface area contributed by atoms with E-state index in [1.165, 1.54) is 10.4 Å². The molecule has 0 N–H and O–H groups in total. The normalized spacial score (nSPS) is 25.3. The summed E-state index contributed by atoms with van der Waals surface area (Å²) in [5, 5.41) is 10.3. The van der Waals surface area contributed by atoms with Crippen LogP contribution < -0.4 is 4.74 Å². The van der Waals surface area contributed by atoms with Crippen molar-refractivity contribution in [3.8, 4) is 11.9 Å². The number of hydrogen-bond acceptors (Lipinski definition) is 8. The van der Waals surface area contributed by atoms with Gasteiger partial charge < -0.3 is 14.4 Å². The van der Waals surface area contributed by atoms with Gasteiger partial charge in [-0.15, -0.1) is 11.3 Å². The Hall–Kier alpha value is -2.44. The molecule has 2 aromatic rings. The quantitative estimate of drug-likeness (QED) is 0.595. The third-order valence-corrected chi connectivity index (χ3v) is 8.61. The Morgan fingerprint density at radius 1 is 1.14 bits per heavy atom. The second kappa shape index (κ2) is 9.90. The predicted molar refractivity (Wildman–Crippen MR) is 135 cm³/mol. The summed E-state index contributed by atoms with van der Waals surface area (Å²) in [6, 6.07) is 2.88. The summed E-state index contributed by atoms with van der Waals surface area (Å²) >= 11 is 1.73. The Kier molecular flexibility index (Phi) is 6.86. The van der Waals surface area contributed by atoms with E-state index < -0.39 is 5.60 Å². The van der Waals surface area contributed by atoms with Gasteiger partial charge in [0.2, 0.25) is 5.88 Å². The molecule has 35 heavy (non-hydrogen) atoms. The van der Waals surface area contributed by atoms with Crippen molar-refractivity contribution in [1.82, 2.24) is 19.8 Å². The van der Waals surface area contributed by atoms with E-state index in [9.17, 15) is 10.1 Å². The third kappa shape index (κ3) is 5.24. The van der Waals surface area contributed by atoms with E-state index in [4.69, 9.17) is 9.47 Å². The number of ether oxygens (including phenoxy) is 2. The lowest BCUT2D eigenvalue weighted by atomic mass is 9.91. The summed E-state index contributed by atoms with van der Waals surface area (Å²) < 4.78 is 12.0. The monoisotopic (exact) mass is 497 g/mol. The molecule has 0 unspecified atom stereocenters. The second-order valence-corrected chi connectivity index (χ2v) is 12.0. The molecule has 2 fully saturated rings. The molecule has 1 saturated carbocycles. The molecule has 1 aliphatic heterocycles. The number of carbonyl (C=O) groups is 1. The maximum atomic E-state index is 12.4. The molecule has 1 saturated heterocycles. The zero-order chi connectivity index (χ0) is 24.6. The first-order chi connectivity index (χ1) is 16.8. The van der Waals surface area contributed by atoms with Crippen LogP contribution in [0.3, 0.4) is 0 Å². The lowest BCUT2D eigenvalue weighted by molar-refractivity contribution is 0.00509. The molecule has 2 aromatic heterocycles. The van der Waals surface area contributed by atoms with Gasteiger partial charge >= 0.3 is 6.09 Å². The number of nitriles is 1. The molecule has 1 atom stereocenters. The van der Waals surface area contributed by atoms with E-state index in [1.54, 1.807) is 17.7 Å². The highest BCUT2D eigenvalue weighted by Crippen LogP contribution is 2.47. The van der Waals surface area contributed by atoms with E-state index >= 15 is 0 Å². The minimum Gasteiger partial charge on any atom is -0.474 e. The molecule has 3 aliphatic rings. The molecular formula is C26H35N5O3S. The number of nitrogens with zero attached hydrogens (tertiary/aromatic N) is 5. The fraction of sp³-hybridized carbons (Fsp3) is 0.692. The maximum Gasteiger partial charge on any atom is 0.410 e. The van der Waals surface area contributed by atoms with Gasteiger partial charge in [-0.25, -0.2) is 14.8 Å². The number of amides is 1. The van der Waals surface area contributed by atoms with Crippen LogP contribution in [0, 0.1) is 11.3 Å². The Labute approximate surface area is 211 Å². The van der Waals surface area contributed by atoms with Crippen molar-refractivity contribution in [1.29, 1.82) is 5.26 Å². The summed E-state index contributed by atoms with van der Waals surface area (Å²) in [4.78, 5) is 28.1. The molecule has 0 radical (unpaired) electrons. The number of hydrogen-bond donors (Lipinski definition) is 0. The molecule has 2 aliphatic carbocycles. The summed E-state index contributed by atoms with van der Waals surface area (Å²) in [7, 11) is 0. The van der Waals surface area contributed by atoms with E-state index in [0.29, 0.717) is 18.3 Å². The molecule has 8 nitrogen and oxygen atoms in total. The van der Waals surface area contributed by atoms with Crippen LogP contribution >= 0.6 is 11.3 Å². The molecule has 0 spiro atoms. The minimum atomic E-state index is -0.457. The summed E-state index contributed by atoms with van der Waals surface area (Å²) in [6.07, 6.45) is 8.32. The van der Waals surface area contributed by atoms with Gasteiger partial charge in [0.25, 0.3) is 0 Å². The van der Waals surface area contributed by atoms with Gasteiger partial charge in [0.1, 0.15) is 22.9 Å². The number of piperazine rings is 1. The van der Waals surface area contributed by atoms with Crippen LogP contribution in [0.15, 0.2) is 6.33 Å². The van der Waals surface area contributed by atoms with Crippen molar-refractivity contribution in [2.45, 2.75) is 89.4 Å². The average Bonchev–Trinajstić information content (AvgIpc) is 3.39. The topological polar surface area (TPSA) is 91.6 Å². The third-order valence-electron chi connectivity index (χ3n) is 7.44. The van der Waals surface area contributed by atoms with Gasteiger partial charge in [-0.3, -0.25) is 4.90 Å². The van der Waals surface area contributed by atoms with Crippen LogP contribution in [-0.2, 0) is 11.2 Å². The van der Waals surface area contributed by atoms with Gasteiger partial charge in [0.05, 0.1) is 11.5 Å². The van der Waals surface area contributed by atoms with Crippen LogP contribution in [0.1, 0.15) is 75.7 Å². The van der Waals surface area contributed by atoms with Gasteiger partial charge in [0, 0.05) is 43.5 Å². The molecule has 3 heterocycles. The van der Waals surface area contributed by atoms with Crippen LogP contribution in [-0.4, -0.2) is 69.8 Å². The van der Waals surface area contributed by atoms with E-state index in [2.05, 4.69) is 20.9 Å². The number of carbonyl (C=O) groups excluding carboxylic acids is 1. The number of fused-ring (bicyclic) bond motifs is 3. The maximum absolute atomic E-state index is 12.4. The Balaban J connectivity index is 1.17. The Morgan fingerprint density at radius 3 is 2.57 bits per heavy atom. The van der Waals surface area contributed by atoms with Crippen molar-refractivity contribution in [2.24, 2.45) is 0 Å². The predicted octanol–water partition coefficient (Wildman–Crippen LogP) is 4.88. The van der Waals surface area contributed by atoms with Gasteiger partial charge in [-0.05, 0) is 70.8 Å². The van der Waals surface area contributed by atoms with Crippen LogP contribution in [0.4, 0.5) is 4.79 Å². The highest BCUT2D eigenvalue weighted by Gasteiger charge is 2.33. The van der Waals surface area contributed by atoms with Crippen LogP contribution in [0.25, 0.3) is 10.2 Å². The summed E-state index contributed by atoms with van der Waals surface area (Å²) in [6.45, 7) is 8.95. The highest BCUT2D eigenvalue weighted by molar-refractivity contribution is 7.19. The zero-order valence-electron chi connectivity index (χ0n) is 21.0. The number of rotatable bonds is 4. The number of thiophene rings is 1. The summed E-state index contributed by atoms with van der Waals surface area (Å²) in [5.41, 5.74) is 0.806. The second-order valence-electron chi connectivity index (χ2n) is 10.9. The first kappa shape index (κ1) is 24.3. The number of aryl methyl sites for hydroxylation is 1. The molecule has 1 amide bonds. The minimum absolute atomic E-state index is 0.152. The standard InChI is InChI=1S/C26H35N5O3S/c1-26(2,3)34-25(32)31-14-12-30(13-15-31)18-5-7-19(8-6-18)33-23-22-21-17(10-11-27)4-9-20(21)35-24(22)29-16-28-23/h16-19H,4-10,12-15H2,1-3H3/t17-,18?,19?/m1/s1. The van der Waals surface area contributed by atoms with Crippen molar-refractivity contribution in [2.75, 3.05) is 26.2 Å². The van der Waals surface area contributed by atoms with Crippen molar-refractivity contribution >= 4 is 27.6 Å². The fourth-order valence-electron chi connectivity index (χ4n) is 5.73. The van der Waals surface area contributed by atoms with Crippen molar-refractivity contribution in [3.63, 3.8) is 0 Å². The smallest absolute Gasteiger partial charge is 0.410 e. The Morgan fingerprint density at radius 2 is 1.89 bits per heavy atom. The van der Waals surface area contributed by atoms with Gasteiger partial charge in [-0.1, -0.05) is 0 Å².